The van der Waals surface area contributed by atoms with E-state index in [-0.39, 0.29) is 0 Å². The van der Waals surface area contributed by atoms with Crippen molar-refractivity contribution in [2.75, 3.05) is 0 Å². The summed E-state index contributed by atoms with van der Waals surface area (Å²) < 4.78 is 1.17. The Morgan fingerprint density at radius 1 is 0.944 bits per heavy atom. The number of hydrogen-bond donors (Lipinski definition) is 0. The van der Waals surface area contributed by atoms with E-state index in [1.807, 2.05) is 0 Å². The van der Waals surface area contributed by atoms with E-state index in [0.29, 0.717) is 5.92 Å². The number of rotatable bonds is 1. The van der Waals surface area contributed by atoms with Crippen LogP contribution in [-0.4, -0.2) is 0 Å². The minimum Gasteiger partial charge on any atom is -0.0720 e. The summed E-state index contributed by atoms with van der Waals surface area (Å²) in [5.74, 6) is 0.400. The Kier molecular flexibility index (Phi) is 2.87. The van der Waals surface area contributed by atoms with Gasteiger partial charge in [-0.25, -0.2) is 0 Å². The van der Waals surface area contributed by atoms with E-state index in [0.717, 1.165) is 0 Å². The van der Waals surface area contributed by atoms with Gasteiger partial charge >= 0.3 is 0 Å². The first kappa shape index (κ1) is 11.7. The average Bonchev–Trinajstić information content (AvgIpc) is 2.73. The van der Waals surface area contributed by atoms with Crippen LogP contribution in [0.25, 0.3) is 6.08 Å². The third kappa shape index (κ3) is 1.83. The Labute approximate surface area is 116 Å². The highest BCUT2D eigenvalue weighted by Crippen LogP contribution is 2.39. The van der Waals surface area contributed by atoms with E-state index in [4.69, 9.17) is 0 Å². The van der Waals surface area contributed by atoms with E-state index in [9.17, 15) is 0 Å². The number of halogens is 1. The number of hydrogen-bond acceptors (Lipinski definition) is 0. The molecule has 0 heterocycles. The summed E-state index contributed by atoms with van der Waals surface area (Å²) in [6.45, 7) is 4.36. The fraction of sp³-hybridized carbons (Fsp3) is 0.176. The second-order valence-electron chi connectivity index (χ2n) is 4.92. The van der Waals surface area contributed by atoms with E-state index < -0.39 is 0 Å². The highest BCUT2D eigenvalue weighted by atomic mass is 79.9. The maximum atomic E-state index is 3.61. The van der Waals surface area contributed by atoms with Gasteiger partial charge in [0.05, 0.1) is 0 Å². The Hall–Kier alpha value is -1.34. The molecule has 18 heavy (non-hydrogen) atoms. The summed E-state index contributed by atoms with van der Waals surface area (Å²) in [6.07, 6.45) is 4.57. The number of allylic oxidation sites excluding steroid dienone is 1. The van der Waals surface area contributed by atoms with Crippen LogP contribution in [0.5, 0.6) is 0 Å². The van der Waals surface area contributed by atoms with Crippen molar-refractivity contribution >= 4 is 22.0 Å². The van der Waals surface area contributed by atoms with E-state index >= 15 is 0 Å². The monoisotopic (exact) mass is 298 g/mol. The van der Waals surface area contributed by atoms with Crippen molar-refractivity contribution in [2.24, 2.45) is 0 Å². The lowest BCUT2D eigenvalue weighted by Gasteiger charge is -2.15. The van der Waals surface area contributed by atoms with Crippen molar-refractivity contribution < 1.29 is 0 Å². The molecule has 0 aliphatic heterocycles. The molecule has 3 rings (SSSR count). The predicted octanol–water partition coefficient (Wildman–Crippen LogP) is 5.22. The molecule has 0 saturated heterocycles. The number of benzene rings is 2. The van der Waals surface area contributed by atoms with Crippen molar-refractivity contribution in [1.29, 1.82) is 0 Å². The maximum absolute atomic E-state index is 3.61. The van der Waals surface area contributed by atoms with E-state index in [1.165, 1.54) is 32.3 Å². The van der Waals surface area contributed by atoms with Gasteiger partial charge in [-0.1, -0.05) is 52.3 Å². The summed E-state index contributed by atoms with van der Waals surface area (Å²) in [5, 5.41) is 0. The van der Waals surface area contributed by atoms with Crippen LogP contribution in [0.2, 0.25) is 0 Å². The second kappa shape index (κ2) is 4.40. The minimum absolute atomic E-state index is 0.400. The first-order valence-electron chi connectivity index (χ1n) is 6.20. The predicted molar refractivity (Wildman–Crippen MR) is 80.9 cm³/mol. The summed E-state index contributed by atoms with van der Waals surface area (Å²) in [7, 11) is 0. The lowest BCUT2D eigenvalue weighted by Crippen LogP contribution is -1.99. The topological polar surface area (TPSA) is 0 Å². The first-order valence-corrected chi connectivity index (χ1v) is 7.00. The molecule has 0 N–H and O–H groups in total. The van der Waals surface area contributed by atoms with Crippen LogP contribution in [0.4, 0.5) is 0 Å². The molecule has 1 heteroatoms. The molecular formula is C17H15Br. The normalized spacial score (nSPS) is 16.9. The molecule has 0 aromatic heterocycles. The average molecular weight is 299 g/mol. The van der Waals surface area contributed by atoms with Crippen LogP contribution in [0.15, 0.2) is 46.9 Å². The van der Waals surface area contributed by atoms with Gasteiger partial charge in [0.1, 0.15) is 0 Å². The molecule has 0 fully saturated rings. The van der Waals surface area contributed by atoms with E-state index in [1.54, 1.807) is 0 Å². The minimum atomic E-state index is 0.400. The van der Waals surface area contributed by atoms with Crippen molar-refractivity contribution in [1.82, 2.24) is 0 Å². The molecule has 90 valence electrons. The zero-order chi connectivity index (χ0) is 12.7. The lowest BCUT2D eigenvalue weighted by atomic mass is 9.89. The van der Waals surface area contributed by atoms with Gasteiger partial charge in [0.25, 0.3) is 0 Å². The zero-order valence-electron chi connectivity index (χ0n) is 10.6. The Balaban J connectivity index is 2.16. The van der Waals surface area contributed by atoms with Gasteiger partial charge in [-0.05, 0) is 53.8 Å². The Morgan fingerprint density at radius 2 is 1.72 bits per heavy atom. The summed E-state index contributed by atoms with van der Waals surface area (Å²) in [4.78, 5) is 0. The second-order valence-corrected chi connectivity index (χ2v) is 5.83. The summed E-state index contributed by atoms with van der Waals surface area (Å²) in [6, 6.07) is 13.1. The maximum Gasteiger partial charge on any atom is 0.0281 e. The van der Waals surface area contributed by atoms with Gasteiger partial charge in [0.15, 0.2) is 0 Å². The van der Waals surface area contributed by atoms with Crippen LogP contribution in [0.3, 0.4) is 0 Å². The molecule has 2 aromatic carbocycles. The van der Waals surface area contributed by atoms with Crippen LogP contribution in [-0.2, 0) is 0 Å². The van der Waals surface area contributed by atoms with Gasteiger partial charge in [0.2, 0.25) is 0 Å². The molecule has 1 aliphatic carbocycles. The van der Waals surface area contributed by atoms with Gasteiger partial charge in [-0.15, -0.1) is 0 Å². The largest absolute Gasteiger partial charge is 0.0720 e. The van der Waals surface area contributed by atoms with Crippen molar-refractivity contribution in [3.8, 4) is 0 Å². The third-order valence-corrected chi connectivity index (χ3v) is 4.16. The van der Waals surface area contributed by atoms with Crippen molar-refractivity contribution in [3.05, 3.63) is 74.8 Å². The molecule has 0 spiro atoms. The molecule has 0 saturated carbocycles. The molecule has 1 atom stereocenters. The smallest absolute Gasteiger partial charge is 0.0281 e. The summed E-state index contributed by atoms with van der Waals surface area (Å²) >= 11 is 3.61. The molecular weight excluding hydrogens is 284 g/mol. The molecule has 0 nitrogen and oxygen atoms in total. The Morgan fingerprint density at radius 3 is 2.50 bits per heavy atom. The molecule has 2 aromatic rings. The van der Waals surface area contributed by atoms with Crippen LogP contribution < -0.4 is 0 Å². The van der Waals surface area contributed by atoms with Crippen molar-refractivity contribution in [3.63, 3.8) is 0 Å². The fourth-order valence-electron chi connectivity index (χ4n) is 2.77. The highest BCUT2D eigenvalue weighted by Gasteiger charge is 2.21. The zero-order valence-corrected chi connectivity index (χ0v) is 12.2. The van der Waals surface area contributed by atoms with Crippen LogP contribution in [0, 0.1) is 13.8 Å². The summed E-state index contributed by atoms with van der Waals surface area (Å²) in [5.41, 5.74) is 6.90. The molecule has 0 radical (unpaired) electrons. The fourth-order valence-corrected chi connectivity index (χ4v) is 3.36. The van der Waals surface area contributed by atoms with Gasteiger partial charge < -0.3 is 0 Å². The van der Waals surface area contributed by atoms with Crippen LogP contribution in [0.1, 0.15) is 33.7 Å². The third-order valence-electron chi connectivity index (χ3n) is 3.70. The molecule has 0 bridgehead atoms. The SMILES string of the molecule is Cc1ccccc1C1C=Cc2c(C)cc(Br)cc21. The first-order chi connectivity index (χ1) is 8.66. The molecule has 1 aliphatic rings. The Bertz CT molecular complexity index is 638. The van der Waals surface area contributed by atoms with E-state index in [2.05, 4.69) is 78.3 Å². The van der Waals surface area contributed by atoms with Crippen LogP contribution >= 0.6 is 15.9 Å². The molecule has 0 amide bonds. The lowest BCUT2D eigenvalue weighted by molar-refractivity contribution is 1.02. The standard InChI is InChI=1S/C17H15Br/c1-11-5-3-4-6-14(11)16-8-7-15-12(2)9-13(18)10-17(15)16/h3-10,16H,1-2H3. The van der Waals surface area contributed by atoms with Gasteiger partial charge in [0, 0.05) is 10.4 Å². The van der Waals surface area contributed by atoms with Gasteiger partial charge in [-0.2, -0.15) is 0 Å². The van der Waals surface area contributed by atoms with Gasteiger partial charge in [-0.3, -0.25) is 0 Å². The quantitative estimate of drug-likeness (QED) is 0.677. The number of fused-ring (bicyclic) bond motifs is 1. The van der Waals surface area contributed by atoms with Crippen molar-refractivity contribution in [2.45, 2.75) is 19.8 Å². The number of aryl methyl sites for hydroxylation is 2. The molecule has 1 unspecified atom stereocenters. The highest BCUT2D eigenvalue weighted by molar-refractivity contribution is 9.10.